The molecule has 0 fully saturated rings. The third-order valence-electron chi connectivity index (χ3n) is 2.53. The van der Waals surface area contributed by atoms with Gasteiger partial charge in [-0.3, -0.25) is 14.8 Å². The molecular weight excluding hydrogens is 319 g/mol. The van der Waals surface area contributed by atoms with E-state index in [1.54, 1.807) is 0 Å². The van der Waals surface area contributed by atoms with Crippen LogP contribution in [0.25, 0.3) is 0 Å². The summed E-state index contributed by atoms with van der Waals surface area (Å²) < 4.78 is 38.1. The first-order valence-corrected chi connectivity index (χ1v) is 7.28. The van der Waals surface area contributed by atoms with Gasteiger partial charge in [-0.2, -0.15) is 18.3 Å². The molecule has 0 aliphatic rings. The van der Waals surface area contributed by atoms with Gasteiger partial charge in [-0.05, 0) is 12.0 Å². The van der Waals surface area contributed by atoms with E-state index in [1.807, 2.05) is 13.8 Å². The molecule has 22 heavy (non-hydrogen) atoms. The van der Waals surface area contributed by atoms with Crippen molar-refractivity contribution < 1.29 is 18.0 Å². The maximum Gasteiger partial charge on any atom is 0.435 e. The maximum atomic E-state index is 12.4. The van der Waals surface area contributed by atoms with Gasteiger partial charge in [0.25, 0.3) is 0 Å². The van der Waals surface area contributed by atoms with Gasteiger partial charge in [0, 0.05) is 12.6 Å². The summed E-state index contributed by atoms with van der Waals surface area (Å²) in [6.07, 6.45) is -2.67. The van der Waals surface area contributed by atoms with Gasteiger partial charge >= 0.3 is 6.18 Å². The molecule has 0 saturated carbocycles. The number of halogens is 3. The summed E-state index contributed by atoms with van der Waals surface area (Å²) in [5, 5.41) is 14.7. The summed E-state index contributed by atoms with van der Waals surface area (Å²) in [4.78, 5) is 11.8. The van der Waals surface area contributed by atoms with E-state index in [1.165, 1.54) is 11.3 Å². The van der Waals surface area contributed by atoms with E-state index in [0.717, 1.165) is 28.4 Å². The first-order chi connectivity index (χ1) is 10.2. The number of hydrogen-bond acceptors (Lipinski definition) is 5. The van der Waals surface area contributed by atoms with Crippen LogP contribution in [0.15, 0.2) is 12.3 Å². The number of amides is 1. The van der Waals surface area contributed by atoms with E-state index in [-0.39, 0.29) is 6.54 Å². The zero-order valence-corrected chi connectivity index (χ0v) is 12.7. The van der Waals surface area contributed by atoms with Gasteiger partial charge in [0.05, 0.1) is 0 Å². The van der Waals surface area contributed by atoms with Crippen LogP contribution >= 0.6 is 11.3 Å². The Morgan fingerprint density at radius 3 is 2.73 bits per heavy atom. The van der Waals surface area contributed by atoms with Crippen LogP contribution in [0.4, 0.5) is 18.3 Å². The SMILES string of the molecule is CC(C)Cc1nnc(NC(=O)Cn2ccc(C(F)(F)F)n2)s1. The van der Waals surface area contributed by atoms with E-state index < -0.39 is 17.8 Å². The molecule has 0 radical (unpaired) electrons. The first kappa shape index (κ1) is 16.4. The molecule has 1 amide bonds. The summed E-state index contributed by atoms with van der Waals surface area (Å²) >= 11 is 1.25. The highest BCUT2D eigenvalue weighted by Crippen LogP contribution is 2.27. The molecule has 0 bridgehead atoms. The number of aromatic nitrogens is 4. The quantitative estimate of drug-likeness (QED) is 0.913. The van der Waals surface area contributed by atoms with Crippen LogP contribution in [0.3, 0.4) is 0 Å². The number of rotatable bonds is 5. The van der Waals surface area contributed by atoms with E-state index in [2.05, 4.69) is 20.6 Å². The molecule has 2 aromatic rings. The Morgan fingerprint density at radius 2 is 2.14 bits per heavy atom. The number of anilines is 1. The Labute approximate surface area is 128 Å². The van der Waals surface area contributed by atoms with Crippen molar-refractivity contribution in [3.05, 3.63) is 23.0 Å². The summed E-state index contributed by atoms with van der Waals surface area (Å²) in [7, 11) is 0. The smallest absolute Gasteiger partial charge is 0.299 e. The number of carbonyl (C=O) groups excluding carboxylic acids is 1. The fraction of sp³-hybridized carbons (Fsp3) is 0.500. The van der Waals surface area contributed by atoms with Crippen molar-refractivity contribution in [2.24, 2.45) is 5.92 Å². The second kappa shape index (κ2) is 6.42. The Kier molecular flexibility index (Phi) is 4.79. The zero-order valence-electron chi connectivity index (χ0n) is 11.9. The third kappa shape index (κ3) is 4.52. The molecule has 0 aromatic carbocycles. The Bertz CT molecular complexity index is 649. The maximum absolute atomic E-state index is 12.4. The van der Waals surface area contributed by atoms with Crippen LogP contribution in [-0.2, 0) is 23.9 Å². The third-order valence-corrected chi connectivity index (χ3v) is 3.39. The first-order valence-electron chi connectivity index (χ1n) is 6.47. The lowest BCUT2D eigenvalue weighted by Gasteiger charge is -2.03. The Hall–Kier alpha value is -1.97. The second-order valence-corrected chi connectivity index (χ2v) is 6.11. The summed E-state index contributed by atoms with van der Waals surface area (Å²) in [6, 6.07) is 0.818. The number of nitrogens with zero attached hydrogens (tertiary/aromatic N) is 4. The predicted molar refractivity (Wildman–Crippen MR) is 74.3 cm³/mol. The summed E-state index contributed by atoms with van der Waals surface area (Å²) in [5.74, 6) is -0.0922. The fourth-order valence-electron chi connectivity index (χ4n) is 1.64. The number of alkyl halides is 3. The van der Waals surface area contributed by atoms with Crippen molar-refractivity contribution in [3.8, 4) is 0 Å². The van der Waals surface area contributed by atoms with Gasteiger partial charge in [-0.25, -0.2) is 0 Å². The van der Waals surface area contributed by atoms with Crippen molar-refractivity contribution in [1.82, 2.24) is 20.0 Å². The summed E-state index contributed by atoms with van der Waals surface area (Å²) in [6.45, 7) is 3.75. The normalized spacial score (nSPS) is 11.9. The minimum atomic E-state index is -4.52. The van der Waals surface area contributed by atoms with Crippen LogP contribution in [0.2, 0.25) is 0 Å². The molecule has 2 aromatic heterocycles. The van der Waals surface area contributed by atoms with E-state index in [4.69, 9.17) is 0 Å². The van der Waals surface area contributed by atoms with Crippen LogP contribution in [-0.4, -0.2) is 25.9 Å². The van der Waals surface area contributed by atoms with Gasteiger partial charge in [0.1, 0.15) is 11.6 Å². The zero-order chi connectivity index (χ0) is 16.3. The Balaban J connectivity index is 1.93. The molecule has 2 heterocycles. The Morgan fingerprint density at radius 1 is 1.41 bits per heavy atom. The lowest BCUT2D eigenvalue weighted by atomic mass is 10.1. The molecule has 0 saturated heterocycles. The lowest BCUT2D eigenvalue weighted by molar-refractivity contribution is -0.141. The minimum absolute atomic E-state index is 0.323. The van der Waals surface area contributed by atoms with Crippen LogP contribution < -0.4 is 5.32 Å². The molecular formula is C12H14F3N5OS. The lowest BCUT2D eigenvalue weighted by Crippen LogP contribution is -2.19. The molecule has 0 spiro atoms. The van der Waals surface area contributed by atoms with Gasteiger partial charge in [-0.15, -0.1) is 10.2 Å². The number of hydrogen-bond donors (Lipinski definition) is 1. The van der Waals surface area contributed by atoms with Gasteiger partial charge < -0.3 is 0 Å². The molecule has 10 heteroatoms. The predicted octanol–water partition coefficient (Wildman–Crippen LogP) is 2.59. The van der Waals surface area contributed by atoms with Crippen LogP contribution in [0.1, 0.15) is 24.5 Å². The molecule has 6 nitrogen and oxygen atoms in total. The molecule has 0 aliphatic heterocycles. The minimum Gasteiger partial charge on any atom is -0.299 e. The fourth-order valence-corrected chi connectivity index (χ4v) is 2.61. The highest BCUT2D eigenvalue weighted by molar-refractivity contribution is 7.15. The van der Waals surface area contributed by atoms with E-state index >= 15 is 0 Å². The molecule has 120 valence electrons. The highest BCUT2D eigenvalue weighted by Gasteiger charge is 2.33. The average Bonchev–Trinajstić information content (AvgIpc) is 2.97. The van der Waals surface area contributed by atoms with Crippen molar-refractivity contribution in [2.45, 2.75) is 33.0 Å². The molecule has 0 aliphatic carbocycles. The second-order valence-electron chi connectivity index (χ2n) is 5.04. The van der Waals surface area contributed by atoms with Crippen LogP contribution in [0, 0.1) is 5.92 Å². The number of nitrogens with one attached hydrogen (secondary N) is 1. The highest BCUT2D eigenvalue weighted by atomic mass is 32.1. The number of carbonyl (C=O) groups is 1. The van der Waals surface area contributed by atoms with Crippen molar-refractivity contribution in [2.75, 3.05) is 5.32 Å². The van der Waals surface area contributed by atoms with Crippen molar-refractivity contribution in [1.29, 1.82) is 0 Å². The standard InChI is InChI=1S/C12H14F3N5OS/c1-7(2)5-10-17-18-11(22-10)16-9(21)6-20-4-3-8(19-20)12(13,14)15/h3-4,7H,5-6H2,1-2H3,(H,16,18,21). The largest absolute Gasteiger partial charge is 0.435 e. The van der Waals surface area contributed by atoms with Gasteiger partial charge in [-0.1, -0.05) is 25.2 Å². The van der Waals surface area contributed by atoms with E-state index in [9.17, 15) is 18.0 Å². The van der Waals surface area contributed by atoms with Crippen LogP contribution in [0.5, 0.6) is 0 Å². The molecule has 2 rings (SSSR count). The van der Waals surface area contributed by atoms with Gasteiger partial charge in [0.15, 0.2) is 5.69 Å². The molecule has 0 unspecified atom stereocenters. The van der Waals surface area contributed by atoms with E-state index in [0.29, 0.717) is 11.0 Å². The topological polar surface area (TPSA) is 72.7 Å². The van der Waals surface area contributed by atoms with Crippen molar-refractivity contribution in [3.63, 3.8) is 0 Å². The van der Waals surface area contributed by atoms with Gasteiger partial charge in [0.2, 0.25) is 11.0 Å². The summed E-state index contributed by atoms with van der Waals surface area (Å²) in [5.41, 5.74) is -1.03. The monoisotopic (exact) mass is 333 g/mol. The molecule has 1 N–H and O–H groups in total. The van der Waals surface area contributed by atoms with Crippen molar-refractivity contribution >= 4 is 22.4 Å². The molecule has 0 atom stereocenters. The average molecular weight is 333 g/mol.